The Balaban J connectivity index is 3.02. The van der Waals surface area contributed by atoms with Crippen LogP contribution in [0.5, 0.6) is 5.75 Å². The van der Waals surface area contributed by atoms with Gasteiger partial charge in [-0.15, -0.1) is 0 Å². The van der Waals surface area contributed by atoms with E-state index in [0.717, 1.165) is 19.3 Å². The number of ether oxygens (including phenoxy) is 1. The fraction of sp³-hybridized carbons (Fsp3) is 0.538. The number of halogens is 4. The zero-order chi connectivity index (χ0) is 14.4. The van der Waals surface area contributed by atoms with Crippen LogP contribution in [0, 0.1) is 0 Å². The summed E-state index contributed by atoms with van der Waals surface area (Å²) in [5, 5.41) is 3.67. The van der Waals surface area contributed by atoms with E-state index in [2.05, 4.69) is 32.9 Å². The number of anilines is 1. The lowest BCUT2D eigenvalue weighted by Gasteiger charge is -2.21. The summed E-state index contributed by atoms with van der Waals surface area (Å²) in [5.41, 5.74) is 0.486. The molecule has 0 saturated heterocycles. The predicted octanol–water partition coefficient (Wildman–Crippen LogP) is 5.69. The van der Waals surface area contributed by atoms with E-state index in [1.165, 1.54) is 6.07 Å². The lowest BCUT2D eigenvalue weighted by Crippen LogP contribution is -2.19. The van der Waals surface area contributed by atoms with Gasteiger partial charge in [0, 0.05) is 11.1 Å². The zero-order valence-corrected chi connectivity index (χ0v) is 13.2. The van der Waals surface area contributed by atoms with Crippen molar-refractivity contribution in [3.05, 3.63) is 21.6 Å². The molecular formula is C13H17BrClF2NO. The molecule has 1 N–H and O–H groups in total. The summed E-state index contributed by atoms with van der Waals surface area (Å²) in [6.07, 6.45) is 2.86. The molecule has 0 fully saturated rings. The van der Waals surface area contributed by atoms with Crippen LogP contribution in [0.2, 0.25) is 5.02 Å². The van der Waals surface area contributed by atoms with Crippen LogP contribution in [-0.4, -0.2) is 12.7 Å². The van der Waals surface area contributed by atoms with Gasteiger partial charge in [0.15, 0.2) is 5.75 Å². The van der Waals surface area contributed by atoms with Gasteiger partial charge >= 0.3 is 6.61 Å². The van der Waals surface area contributed by atoms with Crippen LogP contribution in [0.15, 0.2) is 16.6 Å². The average Bonchev–Trinajstić information content (AvgIpc) is 2.32. The van der Waals surface area contributed by atoms with Gasteiger partial charge < -0.3 is 10.1 Å². The Kier molecular flexibility index (Phi) is 6.86. The highest BCUT2D eigenvalue weighted by Gasteiger charge is 2.17. The standard InChI is InChI=1S/C13H17BrClF2NO/c1-3-5-9(4-2)18-11-7-8(15)6-10(14)12(11)19-13(16)17/h6-7,9,13,18H,3-5H2,1-2H3. The Morgan fingerprint density at radius 1 is 1.37 bits per heavy atom. The molecule has 1 rings (SSSR count). The average molecular weight is 357 g/mol. The molecule has 1 atom stereocenters. The van der Waals surface area contributed by atoms with Crippen LogP contribution in [0.3, 0.4) is 0 Å². The molecule has 0 radical (unpaired) electrons. The van der Waals surface area contributed by atoms with Crippen molar-refractivity contribution < 1.29 is 13.5 Å². The zero-order valence-electron chi connectivity index (χ0n) is 10.9. The molecule has 0 aliphatic rings. The van der Waals surface area contributed by atoms with Gasteiger partial charge in [0.05, 0.1) is 10.2 Å². The fourth-order valence-electron chi connectivity index (χ4n) is 1.82. The first-order chi connectivity index (χ1) is 8.97. The Morgan fingerprint density at radius 2 is 2.05 bits per heavy atom. The van der Waals surface area contributed by atoms with E-state index in [0.29, 0.717) is 15.2 Å². The molecule has 19 heavy (non-hydrogen) atoms. The van der Waals surface area contributed by atoms with Gasteiger partial charge in [-0.3, -0.25) is 0 Å². The summed E-state index contributed by atoms with van der Waals surface area (Å²) in [6.45, 7) is 1.25. The topological polar surface area (TPSA) is 21.3 Å². The summed E-state index contributed by atoms with van der Waals surface area (Å²) in [6, 6.07) is 3.34. The van der Waals surface area contributed by atoms with Crippen LogP contribution in [0.25, 0.3) is 0 Å². The maximum absolute atomic E-state index is 12.4. The number of hydrogen-bond acceptors (Lipinski definition) is 2. The minimum atomic E-state index is -2.87. The quantitative estimate of drug-likeness (QED) is 0.677. The van der Waals surface area contributed by atoms with Crippen molar-refractivity contribution in [3.8, 4) is 5.75 Å². The number of hydrogen-bond donors (Lipinski definition) is 1. The monoisotopic (exact) mass is 355 g/mol. The Labute approximate surface area is 125 Å². The number of alkyl halides is 2. The van der Waals surface area contributed by atoms with Crippen LogP contribution >= 0.6 is 27.5 Å². The molecule has 1 aromatic rings. The third kappa shape index (κ3) is 5.15. The Bertz CT molecular complexity index is 418. The van der Waals surface area contributed by atoms with E-state index in [9.17, 15) is 8.78 Å². The van der Waals surface area contributed by atoms with Gasteiger partial charge in [-0.1, -0.05) is 31.9 Å². The summed E-state index contributed by atoms with van der Waals surface area (Å²) < 4.78 is 29.9. The van der Waals surface area contributed by atoms with Crippen molar-refractivity contribution in [2.75, 3.05) is 5.32 Å². The highest BCUT2D eigenvalue weighted by atomic mass is 79.9. The SMILES string of the molecule is CCCC(CC)Nc1cc(Cl)cc(Br)c1OC(F)F. The number of benzene rings is 1. The minimum absolute atomic E-state index is 0.0916. The van der Waals surface area contributed by atoms with E-state index in [1.54, 1.807) is 6.07 Å². The third-order valence-corrected chi connectivity index (χ3v) is 3.51. The van der Waals surface area contributed by atoms with Gasteiger partial charge in [0.25, 0.3) is 0 Å². The highest BCUT2D eigenvalue weighted by Crippen LogP contribution is 2.38. The van der Waals surface area contributed by atoms with Crippen molar-refractivity contribution in [1.82, 2.24) is 0 Å². The van der Waals surface area contributed by atoms with Crippen molar-refractivity contribution >= 4 is 33.2 Å². The second kappa shape index (κ2) is 7.90. The van der Waals surface area contributed by atoms with Crippen LogP contribution < -0.4 is 10.1 Å². The second-order valence-electron chi connectivity index (χ2n) is 4.18. The smallest absolute Gasteiger partial charge is 0.387 e. The molecule has 0 saturated carbocycles. The van der Waals surface area contributed by atoms with E-state index in [4.69, 9.17) is 11.6 Å². The van der Waals surface area contributed by atoms with Crippen molar-refractivity contribution in [2.24, 2.45) is 0 Å². The maximum Gasteiger partial charge on any atom is 0.387 e. The summed E-state index contributed by atoms with van der Waals surface area (Å²) in [7, 11) is 0. The molecule has 6 heteroatoms. The van der Waals surface area contributed by atoms with E-state index < -0.39 is 6.61 Å². The molecule has 1 aromatic carbocycles. The van der Waals surface area contributed by atoms with E-state index in [1.807, 2.05) is 6.92 Å². The van der Waals surface area contributed by atoms with Gasteiger partial charge in [-0.25, -0.2) is 0 Å². The first-order valence-corrected chi connectivity index (χ1v) is 7.35. The third-order valence-electron chi connectivity index (χ3n) is 2.70. The maximum atomic E-state index is 12.4. The second-order valence-corrected chi connectivity index (χ2v) is 5.47. The lowest BCUT2D eigenvalue weighted by molar-refractivity contribution is -0.0499. The van der Waals surface area contributed by atoms with Crippen LogP contribution in [0.4, 0.5) is 14.5 Å². The predicted molar refractivity (Wildman–Crippen MR) is 78.4 cm³/mol. The molecule has 0 amide bonds. The Morgan fingerprint density at radius 3 is 2.58 bits per heavy atom. The minimum Gasteiger partial charge on any atom is -0.431 e. The molecule has 1 unspecified atom stereocenters. The summed E-state index contributed by atoms with van der Waals surface area (Å²) in [4.78, 5) is 0. The molecule has 0 heterocycles. The molecule has 0 aromatic heterocycles. The molecule has 0 aliphatic heterocycles. The molecule has 0 bridgehead atoms. The molecular weight excluding hydrogens is 340 g/mol. The van der Waals surface area contributed by atoms with Crippen molar-refractivity contribution in [1.29, 1.82) is 0 Å². The molecule has 0 spiro atoms. The van der Waals surface area contributed by atoms with Gasteiger partial charge in [0.2, 0.25) is 0 Å². The molecule has 108 valence electrons. The van der Waals surface area contributed by atoms with Gasteiger partial charge in [0.1, 0.15) is 0 Å². The van der Waals surface area contributed by atoms with Crippen LogP contribution in [0.1, 0.15) is 33.1 Å². The summed E-state index contributed by atoms with van der Waals surface area (Å²) in [5.74, 6) is 0.0916. The fourth-order valence-corrected chi connectivity index (χ4v) is 2.73. The van der Waals surface area contributed by atoms with Gasteiger partial charge in [-0.05, 0) is 40.9 Å². The number of nitrogens with one attached hydrogen (secondary N) is 1. The normalized spacial score (nSPS) is 12.6. The first-order valence-electron chi connectivity index (χ1n) is 6.18. The highest BCUT2D eigenvalue weighted by molar-refractivity contribution is 9.10. The van der Waals surface area contributed by atoms with Crippen LogP contribution in [-0.2, 0) is 0 Å². The van der Waals surface area contributed by atoms with Gasteiger partial charge in [-0.2, -0.15) is 8.78 Å². The molecule has 2 nitrogen and oxygen atoms in total. The Hall–Kier alpha value is -0.550. The number of rotatable bonds is 7. The molecule has 0 aliphatic carbocycles. The lowest BCUT2D eigenvalue weighted by atomic mass is 10.1. The first kappa shape index (κ1) is 16.5. The van der Waals surface area contributed by atoms with Crippen molar-refractivity contribution in [2.45, 2.75) is 45.8 Å². The van der Waals surface area contributed by atoms with Crippen molar-refractivity contribution in [3.63, 3.8) is 0 Å². The van der Waals surface area contributed by atoms with E-state index in [-0.39, 0.29) is 11.8 Å². The summed E-state index contributed by atoms with van der Waals surface area (Å²) >= 11 is 9.14. The largest absolute Gasteiger partial charge is 0.431 e. The van der Waals surface area contributed by atoms with E-state index >= 15 is 0 Å².